The summed E-state index contributed by atoms with van der Waals surface area (Å²) in [6.07, 6.45) is 58.5. The molecule has 0 heterocycles. The molecule has 0 radical (unpaired) electrons. The highest BCUT2D eigenvalue weighted by Crippen LogP contribution is 2.43. The molecule has 7 unspecified atom stereocenters. The second kappa shape index (κ2) is 34.0. The van der Waals surface area contributed by atoms with E-state index in [1.807, 2.05) is 6.92 Å². The number of Topliss-reactive ketones (excluding diaryl/α,β-unsaturated/α-hetero) is 1. The van der Waals surface area contributed by atoms with Gasteiger partial charge in [0.05, 0.1) is 25.7 Å². The quantitative estimate of drug-likeness (QED) is 0.100. The standard InChI is InChI=1S/C14H22O2.C13H20O2.C10H18O.2C10H16O.C8H12O2/c1-2-6-14(15)16-13-10-5-9-12(13)11-7-3-4-8-11;14-13(10-11-6-4-5-7-11)15-12-8-2-1-3-9-12;3*11-10-7-3-6-9(10)8-4-1-2-5-8;1-10-8(9)6-7-4-2-3-5-7/h2,6,11-13H,3-5,7-10H2,1H3;4,6,11-12H,1-3,5,7-10H2;8-11H,1-7H2;10-11H,1-7H2;8-9H,1-7H2;6H,2-5H2,1H3/b6-2+;;;;;. The number of carbonyl (C=O) groups is 4. The Labute approximate surface area is 449 Å². The molecule has 0 amide bonds. The molecule has 418 valence electrons. The lowest BCUT2D eigenvalue weighted by Gasteiger charge is -2.24. The lowest BCUT2D eigenvalue weighted by atomic mass is 9.88. The van der Waals surface area contributed by atoms with E-state index in [9.17, 15) is 29.4 Å². The van der Waals surface area contributed by atoms with E-state index in [0.717, 1.165) is 82.0 Å². The van der Waals surface area contributed by atoms with E-state index < -0.39 is 0 Å². The molecule has 11 aliphatic rings. The molecular weight excluding hydrogens is 925 g/mol. The van der Waals surface area contributed by atoms with Crippen LogP contribution in [0.1, 0.15) is 264 Å². The van der Waals surface area contributed by atoms with E-state index >= 15 is 0 Å². The summed E-state index contributed by atoms with van der Waals surface area (Å²) < 4.78 is 15.5. The summed E-state index contributed by atoms with van der Waals surface area (Å²) in [5, 5.41) is 19.2. The Kier molecular flexibility index (Phi) is 27.6. The Morgan fingerprint density at radius 1 is 0.568 bits per heavy atom. The van der Waals surface area contributed by atoms with Crippen LogP contribution in [0.5, 0.6) is 0 Å². The van der Waals surface area contributed by atoms with Gasteiger partial charge in [-0.05, 0) is 215 Å². The van der Waals surface area contributed by atoms with E-state index in [1.165, 1.54) is 211 Å². The zero-order chi connectivity index (χ0) is 52.3. The maximum absolute atomic E-state index is 11.6. The highest BCUT2D eigenvalue weighted by Gasteiger charge is 2.38. The van der Waals surface area contributed by atoms with Gasteiger partial charge in [-0.15, -0.1) is 0 Å². The maximum atomic E-state index is 11.6. The zero-order valence-electron chi connectivity index (χ0n) is 46.8. The van der Waals surface area contributed by atoms with Crippen molar-refractivity contribution in [2.24, 2.45) is 41.4 Å². The molecule has 9 nitrogen and oxygen atoms in total. The molecule has 0 bridgehead atoms. The number of allylic oxidation sites excluding steroid dienone is 5. The molecule has 0 aromatic heterocycles. The van der Waals surface area contributed by atoms with Crippen molar-refractivity contribution in [3.63, 3.8) is 0 Å². The first-order valence-corrected chi connectivity index (χ1v) is 31.2. The molecule has 9 heteroatoms. The molecule has 7 atom stereocenters. The molecule has 0 aliphatic heterocycles. The number of carbonyl (C=O) groups excluding carboxylic acids is 4. The van der Waals surface area contributed by atoms with Gasteiger partial charge in [0, 0.05) is 24.5 Å². The Hall–Kier alpha value is -3.04. The van der Waals surface area contributed by atoms with Crippen LogP contribution in [0.2, 0.25) is 0 Å². The third kappa shape index (κ3) is 20.7. The molecule has 0 spiro atoms. The van der Waals surface area contributed by atoms with Gasteiger partial charge in [-0.25, -0.2) is 9.59 Å². The monoisotopic (exact) mass is 1030 g/mol. The second-order valence-corrected chi connectivity index (χ2v) is 24.3. The summed E-state index contributed by atoms with van der Waals surface area (Å²) in [5.41, 5.74) is 4.24. The molecule has 0 aromatic rings. The van der Waals surface area contributed by atoms with E-state index in [1.54, 1.807) is 17.7 Å². The van der Waals surface area contributed by atoms with E-state index in [2.05, 4.69) is 16.9 Å². The van der Waals surface area contributed by atoms with Crippen molar-refractivity contribution in [2.75, 3.05) is 7.11 Å². The second-order valence-electron chi connectivity index (χ2n) is 24.3. The molecule has 0 aromatic carbocycles. The van der Waals surface area contributed by atoms with Crippen LogP contribution in [0, 0.1) is 41.4 Å². The minimum absolute atomic E-state index is 0.0125. The van der Waals surface area contributed by atoms with Crippen LogP contribution in [0.3, 0.4) is 0 Å². The van der Waals surface area contributed by atoms with Gasteiger partial charge in [-0.1, -0.05) is 106 Å². The van der Waals surface area contributed by atoms with Crippen LogP contribution in [-0.2, 0) is 33.4 Å². The third-order valence-electron chi connectivity index (χ3n) is 19.1. The molecule has 11 rings (SSSR count). The molecule has 10 fully saturated rings. The number of hydrogen-bond acceptors (Lipinski definition) is 9. The lowest BCUT2D eigenvalue weighted by Crippen LogP contribution is -2.26. The van der Waals surface area contributed by atoms with Crippen molar-refractivity contribution >= 4 is 23.7 Å². The average Bonchev–Trinajstić information content (AvgIpc) is 4.22. The highest BCUT2D eigenvalue weighted by atomic mass is 16.5. The topological polar surface area (TPSA) is 136 Å². The largest absolute Gasteiger partial charge is 0.466 e. The van der Waals surface area contributed by atoms with Crippen molar-refractivity contribution in [1.29, 1.82) is 0 Å². The fourth-order valence-corrected chi connectivity index (χ4v) is 15.0. The lowest BCUT2D eigenvalue weighted by molar-refractivity contribution is -0.151. The van der Waals surface area contributed by atoms with E-state index in [-0.39, 0.29) is 42.3 Å². The fourth-order valence-electron chi connectivity index (χ4n) is 15.0. The summed E-state index contributed by atoms with van der Waals surface area (Å²) in [5.74, 6) is 4.96. The summed E-state index contributed by atoms with van der Waals surface area (Å²) in [6.45, 7) is 1.85. The first-order valence-electron chi connectivity index (χ1n) is 31.2. The van der Waals surface area contributed by atoms with Crippen LogP contribution in [-0.4, -0.2) is 65.4 Å². The van der Waals surface area contributed by atoms with Gasteiger partial charge >= 0.3 is 17.9 Å². The fraction of sp³-hybridized carbons (Fsp3) is 0.815. The summed E-state index contributed by atoms with van der Waals surface area (Å²) in [6, 6.07) is 0. The van der Waals surface area contributed by atoms with Gasteiger partial charge < -0.3 is 24.4 Å². The smallest absolute Gasteiger partial charge is 0.330 e. The van der Waals surface area contributed by atoms with Gasteiger partial charge in [-0.3, -0.25) is 9.59 Å². The predicted molar refractivity (Wildman–Crippen MR) is 297 cm³/mol. The molecular formula is C65H104O9. The van der Waals surface area contributed by atoms with Gasteiger partial charge in [-0.2, -0.15) is 0 Å². The first kappa shape index (κ1) is 60.2. The number of esters is 3. The summed E-state index contributed by atoms with van der Waals surface area (Å²) in [7, 11) is 1.41. The van der Waals surface area contributed by atoms with Crippen LogP contribution < -0.4 is 0 Å². The van der Waals surface area contributed by atoms with Crippen molar-refractivity contribution in [2.45, 2.75) is 288 Å². The predicted octanol–water partition coefficient (Wildman–Crippen LogP) is 15.6. The zero-order valence-corrected chi connectivity index (χ0v) is 46.8. The average molecular weight is 1030 g/mol. The Balaban J connectivity index is 0.000000146. The number of aliphatic hydroxyl groups is 2. The number of methoxy groups -OCH3 is 1. The number of hydrogen-bond donors (Lipinski definition) is 2. The van der Waals surface area contributed by atoms with Gasteiger partial charge in [0.1, 0.15) is 18.0 Å². The normalized spacial score (nSPS) is 30.2. The van der Waals surface area contributed by atoms with Crippen LogP contribution in [0.4, 0.5) is 0 Å². The number of ketones is 1. The molecule has 11 aliphatic carbocycles. The highest BCUT2D eigenvalue weighted by molar-refractivity contribution is 5.83. The Bertz CT molecular complexity index is 1770. The van der Waals surface area contributed by atoms with E-state index in [0.29, 0.717) is 35.9 Å². The first-order chi connectivity index (χ1) is 36.1. The van der Waals surface area contributed by atoms with Crippen molar-refractivity contribution in [1.82, 2.24) is 0 Å². The molecule has 10 saturated carbocycles. The van der Waals surface area contributed by atoms with Crippen LogP contribution >= 0.6 is 0 Å². The van der Waals surface area contributed by atoms with Crippen LogP contribution in [0.15, 0.2) is 47.1 Å². The van der Waals surface area contributed by atoms with E-state index in [4.69, 9.17) is 9.47 Å². The van der Waals surface area contributed by atoms with Gasteiger partial charge in [0.25, 0.3) is 0 Å². The van der Waals surface area contributed by atoms with Crippen molar-refractivity contribution in [3.05, 3.63) is 47.1 Å². The minimum Gasteiger partial charge on any atom is -0.466 e. The maximum Gasteiger partial charge on any atom is 0.330 e. The van der Waals surface area contributed by atoms with Crippen molar-refractivity contribution in [3.8, 4) is 0 Å². The summed E-state index contributed by atoms with van der Waals surface area (Å²) >= 11 is 0. The molecule has 0 saturated heterocycles. The number of aliphatic hydroxyl groups excluding tert-OH is 2. The number of ether oxygens (including phenoxy) is 3. The minimum atomic E-state index is -0.211. The Morgan fingerprint density at radius 2 is 1.16 bits per heavy atom. The van der Waals surface area contributed by atoms with Crippen molar-refractivity contribution < 1.29 is 43.6 Å². The Morgan fingerprint density at radius 3 is 1.72 bits per heavy atom. The van der Waals surface area contributed by atoms with Gasteiger partial charge in [0.2, 0.25) is 0 Å². The van der Waals surface area contributed by atoms with Gasteiger partial charge in [0.15, 0.2) is 0 Å². The number of rotatable bonds is 9. The van der Waals surface area contributed by atoms with Crippen LogP contribution in [0.25, 0.3) is 0 Å². The third-order valence-corrected chi connectivity index (χ3v) is 19.1. The SMILES string of the molecule is C/C=C/C(=O)OC1CCCC1C1CCCC1.COC(=O)C=C1CCCC1.O=C(CC1C=CCC1)OC1CCCCC1.O=C1CCCC1C1CCCC1.OC1CCCC1=C1CCCC1.OC1CCCC1C1CCCC1. The molecule has 74 heavy (non-hydrogen) atoms. The summed E-state index contributed by atoms with van der Waals surface area (Å²) in [4.78, 5) is 45.1. The molecule has 2 N–H and O–H groups in total.